The van der Waals surface area contributed by atoms with Crippen molar-refractivity contribution in [1.82, 2.24) is 9.55 Å². The van der Waals surface area contributed by atoms with Crippen LogP contribution in [-0.4, -0.2) is 24.6 Å². The van der Waals surface area contributed by atoms with Crippen LogP contribution in [0.5, 0.6) is 0 Å². The average Bonchev–Trinajstić information content (AvgIpc) is 2.89. The van der Waals surface area contributed by atoms with Gasteiger partial charge in [0.15, 0.2) is 5.16 Å². The number of fused-ring (bicyclic) bond motifs is 1. The monoisotopic (exact) mass is 408 g/mol. The number of benzene rings is 2. The third-order valence-electron chi connectivity index (χ3n) is 4.13. The molecule has 0 saturated carbocycles. The fourth-order valence-electron chi connectivity index (χ4n) is 2.95. The third-order valence-corrected chi connectivity index (χ3v) is 6.10. The molecule has 3 rings (SSSR count). The van der Waals surface area contributed by atoms with Gasteiger partial charge in [0.05, 0.1) is 16.3 Å². The van der Waals surface area contributed by atoms with Crippen LogP contribution in [0.2, 0.25) is 0 Å². The van der Waals surface area contributed by atoms with Gasteiger partial charge in [-0.15, -0.1) is 0 Å². The van der Waals surface area contributed by atoms with Gasteiger partial charge in [0.1, 0.15) is 5.82 Å². The van der Waals surface area contributed by atoms with Gasteiger partial charge in [-0.3, -0.25) is 9.13 Å². The smallest absolute Gasteiger partial charge is 0.321 e. The number of hydrogen-bond donors (Lipinski definition) is 2. The maximum Gasteiger partial charge on any atom is 0.356 e. The lowest BCUT2D eigenvalue weighted by atomic mass is 10.0. The van der Waals surface area contributed by atoms with E-state index in [1.165, 1.54) is 18.2 Å². The molecule has 0 bridgehead atoms. The maximum atomic E-state index is 13.4. The van der Waals surface area contributed by atoms with Crippen molar-refractivity contribution in [3.63, 3.8) is 0 Å². The van der Waals surface area contributed by atoms with Crippen LogP contribution in [0.4, 0.5) is 4.39 Å². The van der Waals surface area contributed by atoms with Gasteiger partial charge < -0.3 is 9.79 Å². The minimum absolute atomic E-state index is 0.00912. The van der Waals surface area contributed by atoms with Crippen LogP contribution in [0.25, 0.3) is 16.7 Å². The van der Waals surface area contributed by atoms with Crippen LogP contribution >= 0.6 is 19.4 Å². The quantitative estimate of drug-likeness (QED) is 0.477. The van der Waals surface area contributed by atoms with Crippen molar-refractivity contribution >= 4 is 35.7 Å². The van der Waals surface area contributed by atoms with E-state index in [-0.39, 0.29) is 22.3 Å². The van der Waals surface area contributed by atoms with E-state index in [1.807, 2.05) is 32.3 Å². The second kappa shape index (κ2) is 7.40. The summed E-state index contributed by atoms with van der Waals surface area (Å²) in [6.45, 7) is 7.87. The molecule has 8 heteroatoms. The Hall–Kier alpha value is -1.66. The molecule has 0 unspecified atom stereocenters. The minimum Gasteiger partial charge on any atom is -0.321 e. The standard InChI is InChI=1S/C19H22FN2O3PS/c1-11(2)15-9-17-16(10-18(15)26(23,24)25)21-19(27-12(3)4)22(17)14-7-5-13(20)6-8-14/h5-12H,1-4H3,(H2,23,24,25). The van der Waals surface area contributed by atoms with Crippen LogP contribution in [0.1, 0.15) is 39.2 Å². The Morgan fingerprint density at radius 1 is 1.11 bits per heavy atom. The van der Waals surface area contributed by atoms with Crippen molar-refractivity contribution in [1.29, 1.82) is 0 Å². The molecule has 0 saturated heterocycles. The summed E-state index contributed by atoms with van der Waals surface area (Å²) in [5.74, 6) is -0.400. The number of thioether (sulfide) groups is 1. The van der Waals surface area contributed by atoms with Crippen molar-refractivity contribution < 1.29 is 18.7 Å². The highest BCUT2D eigenvalue weighted by Gasteiger charge is 2.26. The summed E-state index contributed by atoms with van der Waals surface area (Å²) >= 11 is 1.54. The summed E-state index contributed by atoms with van der Waals surface area (Å²) in [6, 6.07) is 9.39. The molecule has 1 aromatic heterocycles. The molecule has 3 aromatic rings. The summed E-state index contributed by atoms with van der Waals surface area (Å²) < 4.78 is 27.3. The first-order valence-electron chi connectivity index (χ1n) is 8.63. The predicted molar refractivity (Wildman–Crippen MR) is 108 cm³/mol. The Morgan fingerprint density at radius 3 is 2.26 bits per heavy atom. The highest BCUT2D eigenvalue weighted by atomic mass is 32.2. The van der Waals surface area contributed by atoms with Gasteiger partial charge in [0.25, 0.3) is 0 Å². The summed E-state index contributed by atoms with van der Waals surface area (Å²) in [6.07, 6.45) is 0. The Balaban J connectivity index is 2.35. The van der Waals surface area contributed by atoms with E-state index in [4.69, 9.17) is 0 Å². The molecule has 27 heavy (non-hydrogen) atoms. The van der Waals surface area contributed by atoms with Gasteiger partial charge in [0.2, 0.25) is 0 Å². The lowest BCUT2D eigenvalue weighted by molar-refractivity contribution is 0.387. The second-order valence-electron chi connectivity index (χ2n) is 6.97. The Morgan fingerprint density at radius 2 is 1.74 bits per heavy atom. The van der Waals surface area contributed by atoms with Gasteiger partial charge >= 0.3 is 7.60 Å². The third kappa shape index (κ3) is 4.11. The number of aromatic nitrogens is 2. The van der Waals surface area contributed by atoms with Crippen molar-refractivity contribution in [2.75, 3.05) is 0 Å². The molecule has 0 amide bonds. The van der Waals surface area contributed by atoms with Crippen molar-refractivity contribution in [3.8, 4) is 5.69 Å². The highest BCUT2D eigenvalue weighted by Crippen LogP contribution is 2.39. The summed E-state index contributed by atoms with van der Waals surface area (Å²) in [5.41, 5.74) is 2.58. The van der Waals surface area contributed by atoms with Crippen molar-refractivity contribution in [2.24, 2.45) is 0 Å². The molecular formula is C19H22FN2O3PS. The first kappa shape index (κ1) is 20.1. The molecule has 144 valence electrons. The first-order chi connectivity index (χ1) is 12.6. The van der Waals surface area contributed by atoms with Gasteiger partial charge in [-0.2, -0.15) is 0 Å². The Kier molecular flexibility index (Phi) is 5.50. The minimum atomic E-state index is -4.43. The topological polar surface area (TPSA) is 75.3 Å². The molecule has 5 nitrogen and oxygen atoms in total. The molecular weight excluding hydrogens is 386 g/mol. The number of nitrogens with zero attached hydrogens (tertiary/aromatic N) is 2. The Bertz CT molecular complexity index is 1030. The van der Waals surface area contributed by atoms with Crippen LogP contribution in [0.15, 0.2) is 41.6 Å². The molecule has 2 N–H and O–H groups in total. The maximum absolute atomic E-state index is 13.4. The second-order valence-corrected chi connectivity index (χ2v) is 10.1. The molecule has 0 aliphatic heterocycles. The van der Waals surface area contributed by atoms with E-state index in [0.717, 1.165) is 11.2 Å². The fraction of sp³-hybridized carbons (Fsp3) is 0.316. The number of rotatable bonds is 5. The largest absolute Gasteiger partial charge is 0.356 e. The SMILES string of the molecule is CC(C)Sc1nc2cc(P(=O)(O)O)c(C(C)C)cc2n1-c1ccc(F)cc1. The van der Waals surface area contributed by atoms with Crippen molar-refractivity contribution in [2.45, 2.75) is 44.0 Å². The van der Waals surface area contributed by atoms with E-state index in [9.17, 15) is 18.7 Å². The molecule has 2 aromatic carbocycles. The number of imidazole rings is 1. The van der Waals surface area contributed by atoms with Crippen LogP contribution < -0.4 is 5.30 Å². The van der Waals surface area contributed by atoms with E-state index >= 15 is 0 Å². The van der Waals surface area contributed by atoms with Crippen molar-refractivity contribution in [3.05, 3.63) is 47.8 Å². The molecule has 0 aliphatic carbocycles. The van der Waals surface area contributed by atoms with Crippen LogP contribution in [-0.2, 0) is 4.57 Å². The van der Waals surface area contributed by atoms with E-state index in [1.54, 1.807) is 30.0 Å². The van der Waals surface area contributed by atoms with Crippen LogP contribution in [0.3, 0.4) is 0 Å². The molecule has 0 aliphatic rings. The zero-order chi connectivity index (χ0) is 19.9. The van der Waals surface area contributed by atoms with E-state index in [0.29, 0.717) is 16.2 Å². The molecule has 0 spiro atoms. The van der Waals surface area contributed by atoms with Gasteiger partial charge in [-0.05, 0) is 47.9 Å². The van der Waals surface area contributed by atoms with Gasteiger partial charge in [-0.1, -0.05) is 39.5 Å². The zero-order valence-corrected chi connectivity index (χ0v) is 17.3. The predicted octanol–water partition coefficient (Wildman–Crippen LogP) is 4.59. The summed E-state index contributed by atoms with van der Waals surface area (Å²) in [4.78, 5) is 24.2. The lowest BCUT2D eigenvalue weighted by Crippen LogP contribution is -2.13. The number of halogens is 1. The zero-order valence-electron chi connectivity index (χ0n) is 15.5. The van der Waals surface area contributed by atoms with E-state index in [2.05, 4.69) is 4.98 Å². The van der Waals surface area contributed by atoms with Crippen LogP contribution in [0, 0.1) is 5.82 Å². The molecule has 0 atom stereocenters. The fourth-order valence-corrected chi connectivity index (χ4v) is 4.78. The normalized spacial score (nSPS) is 12.5. The van der Waals surface area contributed by atoms with Gasteiger partial charge in [0, 0.05) is 10.9 Å². The number of hydrogen-bond acceptors (Lipinski definition) is 3. The summed E-state index contributed by atoms with van der Waals surface area (Å²) in [7, 11) is -4.43. The summed E-state index contributed by atoms with van der Waals surface area (Å²) in [5, 5.41) is 0.964. The molecule has 0 radical (unpaired) electrons. The Labute approximate surface area is 161 Å². The van der Waals surface area contributed by atoms with Gasteiger partial charge in [-0.25, -0.2) is 9.37 Å². The molecule has 1 heterocycles. The van der Waals surface area contributed by atoms with E-state index < -0.39 is 7.60 Å². The average molecular weight is 408 g/mol. The lowest BCUT2D eigenvalue weighted by Gasteiger charge is -2.15. The highest BCUT2D eigenvalue weighted by molar-refractivity contribution is 7.99. The molecule has 0 fully saturated rings. The first-order valence-corrected chi connectivity index (χ1v) is 11.1.